The molecule has 3 nitrogen and oxygen atoms in total. The third-order valence-corrected chi connectivity index (χ3v) is 5.65. The maximum Gasteiger partial charge on any atom is 0.153 e. The van der Waals surface area contributed by atoms with E-state index >= 15 is 0 Å². The molecule has 2 saturated carbocycles. The molecule has 3 heteroatoms. The molecule has 0 aromatic heterocycles. The van der Waals surface area contributed by atoms with Gasteiger partial charge in [0.25, 0.3) is 0 Å². The van der Waals surface area contributed by atoms with Crippen LogP contribution in [0, 0.1) is 0 Å². The number of ketones is 1. The van der Waals surface area contributed by atoms with Crippen molar-refractivity contribution in [3.05, 3.63) is 59.7 Å². The zero-order chi connectivity index (χ0) is 16.8. The Kier molecular flexibility index (Phi) is 3.41. The van der Waals surface area contributed by atoms with Gasteiger partial charge < -0.3 is 9.47 Å². The van der Waals surface area contributed by atoms with Gasteiger partial charge in [-0.1, -0.05) is 24.3 Å². The number of methoxy groups -OCH3 is 2. The zero-order valence-corrected chi connectivity index (χ0v) is 14.2. The summed E-state index contributed by atoms with van der Waals surface area (Å²) in [7, 11) is 3.33. The van der Waals surface area contributed by atoms with E-state index in [4.69, 9.17) is 9.47 Å². The van der Waals surface area contributed by atoms with Crippen LogP contribution in [0.4, 0.5) is 0 Å². The molecule has 0 unspecified atom stereocenters. The summed E-state index contributed by atoms with van der Waals surface area (Å²) in [6.07, 6.45) is 3.82. The first kappa shape index (κ1) is 15.3. The van der Waals surface area contributed by atoms with Gasteiger partial charge in [0.1, 0.15) is 11.5 Å². The first-order chi connectivity index (χ1) is 11.6. The van der Waals surface area contributed by atoms with E-state index in [1.807, 2.05) is 48.5 Å². The minimum absolute atomic E-state index is 0.289. The first-order valence-corrected chi connectivity index (χ1v) is 8.49. The van der Waals surface area contributed by atoms with Crippen LogP contribution in [-0.4, -0.2) is 20.0 Å². The van der Waals surface area contributed by atoms with Gasteiger partial charge in [-0.25, -0.2) is 0 Å². The molecule has 0 radical (unpaired) electrons. The number of carbonyl (C=O) groups is 1. The molecule has 2 aliphatic rings. The molecule has 2 aromatic rings. The largest absolute Gasteiger partial charge is 0.497 e. The second-order valence-corrected chi connectivity index (χ2v) is 6.95. The Labute approximate surface area is 142 Å². The second-order valence-electron chi connectivity index (χ2n) is 6.95. The van der Waals surface area contributed by atoms with Crippen LogP contribution >= 0.6 is 0 Å². The Morgan fingerprint density at radius 1 is 0.708 bits per heavy atom. The van der Waals surface area contributed by atoms with Crippen molar-refractivity contribution in [1.29, 1.82) is 0 Å². The lowest BCUT2D eigenvalue weighted by Crippen LogP contribution is -2.32. The smallest absolute Gasteiger partial charge is 0.153 e. The Morgan fingerprint density at radius 3 is 1.29 bits per heavy atom. The lowest BCUT2D eigenvalue weighted by atomic mass is 9.79. The average molecular weight is 322 g/mol. The van der Waals surface area contributed by atoms with Crippen LogP contribution in [0.3, 0.4) is 0 Å². The van der Waals surface area contributed by atoms with Crippen LogP contribution < -0.4 is 9.47 Å². The van der Waals surface area contributed by atoms with Gasteiger partial charge in [0.2, 0.25) is 0 Å². The molecular formula is C21H22O3. The molecule has 0 heterocycles. The standard InChI is InChI=1S/C21H22O3/c1-23-17-7-3-15(4-8-17)20(11-12-20)19(22)21(13-14-21)16-5-9-18(24-2)10-6-16/h3-10H,11-14H2,1-2H3. The third-order valence-electron chi connectivity index (χ3n) is 5.65. The minimum atomic E-state index is -0.289. The maximum absolute atomic E-state index is 13.5. The van der Waals surface area contributed by atoms with E-state index in [2.05, 4.69) is 0 Å². The van der Waals surface area contributed by atoms with Crippen molar-refractivity contribution < 1.29 is 14.3 Å². The number of rotatable bonds is 6. The lowest BCUT2D eigenvalue weighted by molar-refractivity contribution is -0.124. The van der Waals surface area contributed by atoms with E-state index in [0.717, 1.165) is 48.3 Å². The summed E-state index contributed by atoms with van der Waals surface area (Å²) in [5.41, 5.74) is 1.69. The van der Waals surface area contributed by atoms with Gasteiger partial charge >= 0.3 is 0 Å². The van der Waals surface area contributed by atoms with E-state index in [0.29, 0.717) is 5.78 Å². The molecule has 0 bridgehead atoms. The molecular weight excluding hydrogens is 300 g/mol. The van der Waals surface area contributed by atoms with E-state index in [-0.39, 0.29) is 10.8 Å². The van der Waals surface area contributed by atoms with E-state index < -0.39 is 0 Å². The summed E-state index contributed by atoms with van der Waals surface area (Å²) in [4.78, 5) is 13.5. The summed E-state index contributed by atoms with van der Waals surface area (Å²) in [5, 5.41) is 0. The van der Waals surface area contributed by atoms with Gasteiger partial charge in [-0.15, -0.1) is 0 Å². The fourth-order valence-electron chi connectivity index (χ4n) is 3.82. The summed E-state index contributed by atoms with van der Waals surface area (Å²) >= 11 is 0. The lowest BCUT2D eigenvalue weighted by Gasteiger charge is -2.23. The van der Waals surface area contributed by atoms with Gasteiger partial charge in [-0.2, -0.15) is 0 Å². The topological polar surface area (TPSA) is 35.5 Å². The minimum Gasteiger partial charge on any atom is -0.497 e. The van der Waals surface area contributed by atoms with Crippen molar-refractivity contribution in [2.75, 3.05) is 14.2 Å². The fraction of sp³-hybridized carbons (Fsp3) is 0.381. The van der Waals surface area contributed by atoms with Crippen molar-refractivity contribution in [2.45, 2.75) is 36.5 Å². The van der Waals surface area contributed by atoms with E-state index in [1.54, 1.807) is 14.2 Å². The van der Waals surface area contributed by atoms with Gasteiger partial charge in [-0.3, -0.25) is 4.79 Å². The second kappa shape index (κ2) is 5.37. The van der Waals surface area contributed by atoms with Crippen LogP contribution in [0.15, 0.2) is 48.5 Å². The highest BCUT2D eigenvalue weighted by atomic mass is 16.5. The monoisotopic (exact) mass is 322 g/mol. The molecule has 124 valence electrons. The van der Waals surface area contributed by atoms with Crippen molar-refractivity contribution in [3.63, 3.8) is 0 Å². The Morgan fingerprint density at radius 2 is 1.04 bits per heavy atom. The highest BCUT2D eigenvalue weighted by Gasteiger charge is 2.63. The summed E-state index contributed by atoms with van der Waals surface area (Å²) < 4.78 is 10.5. The van der Waals surface area contributed by atoms with E-state index in [9.17, 15) is 4.79 Å². The summed E-state index contributed by atoms with van der Waals surface area (Å²) in [6.45, 7) is 0. The highest BCUT2D eigenvalue weighted by molar-refractivity contribution is 6.03. The normalized spacial score (nSPS) is 19.4. The Hall–Kier alpha value is -2.29. The maximum atomic E-state index is 13.5. The number of benzene rings is 2. The number of ether oxygens (including phenoxy) is 2. The van der Waals surface area contributed by atoms with Gasteiger partial charge in [0, 0.05) is 0 Å². The molecule has 0 amide bonds. The van der Waals surface area contributed by atoms with Gasteiger partial charge in [-0.05, 0) is 61.1 Å². The Balaban J connectivity index is 1.64. The van der Waals surface area contributed by atoms with Crippen molar-refractivity contribution in [2.24, 2.45) is 0 Å². The average Bonchev–Trinajstić information content (AvgIpc) is 3.56. The molecule has 0 saturated heterocycles. The molecule has 4 rings (SSSR count). The summed E-state index contributed by atoms with van der Waals surface area (Å²) in [5.74, 6) is 2.06. The van der Waals surface area contributed by atoms with E-state index in [1.165, 1.54) is 0 Å². The molecule has 0 atom stereocenters. The molecule has 0 aliphatic heterocycles. The summed E-state index contributed by atoms with van der Waals surface area (Å²) in [6, 6.07) is 16.0. The van der Waals surface area contributed by atoms with Gasteiger partial charge in [0.05, 0.1) is 25.0 Å². The number of hydrogen-bond donors (Lipinski definition) is 0. The highest BCUT2D eigenvalue weighted by Crippen LogP contribution is 2.60. The molecule has 2 fully saturated rings. The first-order valence-electron chi connectivity index (χ1n) is 8.49. The molecule has 24 heavy (non-hydrogen) atoms. The van der Waals surface area contributed by atoms with Gasteiger partial charge in [0.15, 0.2) is 5.78 Å². The third kappa shape index (κ3) is 2.22. The molecule has 0 N–H and O–H groups in total. The number of Topliss-reactive ketones (excluding diaryl/α,β-unsaturated/α-hetero) is 1. The molecule has 2 aliphatic carbocycles. The zero-order valence-electron chi connectivity index (χ0n) is 14.2. The van der Waals surface area contributed by atoms with Crippen LogP contribution in [0.5, 0.6) is 11.5 Å². The van der Waals surface area contributed by atoms with Crippen LogP contribution in [0.25, 0.3) is 0 Å². The van der Waals surface area contributed by atoms with Crippen LogP contribution in [-0.2, 0) is 15.6 Å². The fourth-order valence-corrected chi connectivity index (χ4v) is 3.82. The molecule has 2 aromatic carbocycles. The number of hydrogen-bond acceptors (Lipinski definition) is 3. The Bertz CT molecular complexity index is 685. The number of carbonyl (C=O) groups excluding carboxylic acids is 1. The van der Waals surface area contributed by atoms with Crippen LogP contribution in [0.2, 0.25) is 0 Å². The predicted octanol–water partition coefficient (Wildman–Crippen LogP) is 4.04. The van der Waals surface area contributed by atoms with Crippen LogP contribution in [0.1, 0.15) is 36.8 Å². The SMILES string of the molecule is COc1ccc(C2(C(=O)C3(c4ccc(OC)cc4)CC3)CC2)cc1. The van der Waals surface area contributed by atoms with Crippen molar-refractivity contribution >= 4 is 5.78 Å². The van der Waals surface area contributed by atoms with Crippen molar-refractivity contribution in [3.8, 4) is 11.5 Å². The quantitative estimate of drug-likeness (QED) is 0.805. The predicted molar refractivity (Wildman–Crippen MR) is 92.8 cm³/mol. The van der Waals surface area contributed by atoms with Crippen molar-refractivity contribution in [1.82, 2.24) is 0 Å². The molecule has 0 spiro atoms.